The lowest BCUT2D eigenvalue weighted by molar-refractivity contribution is 0.119. The van der Waals surface area contributed by atoms with Gasteiger partial charge < -0.3 is 9.84 Å². The molecule has 1 aliphatic rings. The minimum Gasteiger partial charge on any atom is -0.393 e. The molecule has 1 rings (SSSR count). The van der Waals surface area contributed by atoms with Gasteiger partial charge in [-0.1, -0.05) is 0 Å². The summed E-state index contributed by atoms with van der Waals surface area (Å²) in [5.74, 6) is 0.622. The second-order valence-electron chi connectivity index (χ2n) is 3.04. The molecule has 2 heteroatoms. The third kappa shape index (κ3) is 2.67. The summed E-state index contributed by atoms with van der Waals surface area (Å²) in [5.41, 5.74) is 0. The molecule has 0 radical (unpaired) electrons. The Hall–Kier alpha value is -0.0800. The molecule has 0 spiro atoms. The van der Waals surface area contributed by atoms with E-state index in [0.29, 0.717) is 5.92 Å². The van der Waals surface area contributed by atoms with Crippen molar-refractivity contribution in [2.75, 3.05) is 13.7 Å². The number of aliphatic hydroxyl groups excluding tert-OH is 1. The number of methoxy groups -OCH3 is 1. The zero-order valence-electron chi connectivity index (χ0n) is 6.55. The molecule has 1 N–H and O–H groups in total. The van der Waals surface area contributed by atoms with Crippen LogP contribution in [0.4, 0.5) is 0 Å². The molecule has 0 saturated heterocycles. The Balaban J connectivity index is 1.90. The van der Waals surface area contributed by atoms with Crippen LogP contribution in [0.5, 0.6) is 0 Å². The van der Waals surface area contributed by atoms with Gasteiger partial charge in [-0.3, -0.25) is 0 Å². The normalized spacial score (nSPS) is 21.0. The van der Waals surface area contributed by atoms with Crippen molar-refractivity contribution in [2.45, 2.75) is 31.8 Å². The van der Waals surface area contributed by atoms with E-state index in [1.165, 1.54) is 12.8 Å². The predicted molar refractivity (Wildman–Crippen MR) is 39.8 cm³/mol. The van der Waals surface area contributed by atoms with Crippen LogP contribution in [0.1, 0.15) is 25.7 Å². The van der Waals surface area contributed by atoms with Gasteiger partial charge in [-0.2, -0.15) is 0 Å². The van der Waals surface area contributed by atoms with E-state index in [2.05, 4.69) is 0 Å². The fourth-order valence-electron chi connectivity index (χ4n) is 1.15. The van der Waals surface area contributed by atoms with Crippen molar-refractivity contribution in [3.63, 3.8) is 0 Å². The lowest BCUT2D eigenvalue weighted by atomic mass is 10.1. The molecule has 0 amide bonds. The highest BCUT2D eigenvalue weighted by atomic mass is 16.5. The van der Waals surface area contributed by atoms with E-state index in [4.69, 9.17) is 4.74 Å². The van der Waals surface area contributed by atoms with Gasteiger partial charge in [-0.25, -0.2) is 0 Å². The fourth-order valence-corrected chi connectivity index (χ4v) is 1.15. The molecule has 0 heterocycles. The average molecular weight is 144 g/mol. The maximum atomic E-state index is 9.36. The van der Waals surface area contributed by atoms with Crippen LogP contribution < -0.4 is 0 Å². The van der Waals surface area contributed by atoms with Gasteiger partial charge >= 0.3 is 0 Å². The molecule has 0 aromatic rings. The van der Waals surface area contributed by atoms with Gasteiger partial charge in [0.15, 0.2) is 0 Å². The average Bonchev–Trinajstić information content (AvgIpc) is 2.69. The molecule has 0 bridgehead atoms. The maximum absolute atomic E-state index is 9.36. The maximum Gasteiger partial charge on any atom is 0.0569 e. The highest BCUT2D eigenvalue weighted by Crippen LogP contribution is 2.34. The van der Waals surface area contributed by atoms with Gasteiger partial charge in [0.2, 0.25) is 0 Å². The summed E-state index contributed by atoms with van der Waals surface area (Å²) in [6.45, 7) is 0.782. The Kier molecular flexibility index (Phi) is 3.16. The van der Waals surface area contributed by atoms with E-state index in [9.17, 15) is 5.11 Å². The van der Waals surface area contributed by atoms with Gasteiger partial charge in [0.05, 0.1) is 6.10 Å². The van der Waals surface area contributed by atoms with E-state index < -0.39 is 0 Å². The predicted octanol–water partition coefficient (Wildman–Crippen LogP) is 1.18. The molecule has 0 aliphatic heterocycles. The quantitative estimate of drug-likeness (QED) is 0.587. The van der Waals surface area contributed by atoms with E-state index in [-0.39, 0.29) is 6.10 Å². The first kappa shape index (κ1) is 8.02. The van der Waals surface area contributed by atoms with Crippen LogP contribution in [-0.4, -0.2) is 24.9 Å². The SMILES string of the molecule is COCCCC(O)C1CC1. The molecule has 2 nitrogen and oxygen atoms in total. The van der Waals surface area contributed by atoms with Gasteiger partial charge in [0.25, 0.3) is 0 Å². The molecule has 0 aromatic heterocycles. The number of aliphatic hydroxyl groups is 1. The molecule has 60 valence electrons. The summed E-state index contributed by atoms with van der Waals surface area (Å²) in [7, 11) is 1.70. The van der Waals surface area contributed by atoms with Crippen molar-refractivity contribution in [3.8, 4) is 0 Å². The summed E-state index contributed by atoms with van der Waals surface area (Å²) in [5, 5.41) is 9.36. The minimum atomic E-state index is -0.0462. The molecule has 1 atom stereocenters. The summed E-state index contributed by atoms with van der Waals surface area (Å²) >= 11 is 0. The molecule has 1 fully saturated rings. The first-order valence-electron chi connectivity index (χ1n) is 4.01. The Morgan fingerprint density at radius 3 is 2.80 bits per heavy atom. The highest BCUT2D eigenvalue weighted by molar-refractivity contribution is 4.80. The summed E-state index contributed by atoms with van der Waals surface area (Å²) in [6.07, 6.45) is 4.32. The van der Waals surface area contributed by atoms with Gasteiger partial charge in [-0.15, -0.1) is 0 Å². The Bertz CT molecular complexity index is 89.3. The van der Waals surface area contributed by atoms with Crippen molar-refractivity contribution in [2.24, 2.45) is 5.92 Å². The zero-order valence-corrected chi connectivity index (χ0v) is 6.55. The van der Waals surface area contributed by atoms with Crippen molar-refractivity contribution in [1.82, 2.24) is 0 Å². The number of rotatable bonds is 5. The Morgan fingerprint density at radius 1 is 1.60 bits per heavy atom. The monoisotopic (exact) mass is 144 g/mol. The first-order chi connectivity index (χ1) is 4.84. The first-order valence-corrected chi connectivity index (χ1v) is 4.01. The second kappa shape index (κ2) is 3.94. The van der Waals surface area contributed by atoms with E-state index >= 15 is 0 Å². The van der Waals surface area contributed by atoms with Crippen molar-refractivity contribution < 1.29 is 9.84 Å². The number of hydrogen-bond donors (Lipinski definition) is 1. The highest BCUT2D eigenvalue weighted by Gasteiger charge is 2.28. The third-order valence-corrected chi connectivity index (χ3v) is 2.01. The van der Waals surface area contributed by atoms with Crippen LogP contribution in [0.2, 0.25) is 0 Å². The molecule has 10 heavy (non-hydrogen) atoms. The largest absolute Gasteiger partial charge is 0.393 e. The van der Waals surface area contributed by atoms with E-state index in [0.717, 1.165) is 19.4 Å². The third-order valence-electron chi connectivity index (χ3n) is 2.01. The fraction of sp³-hybridized carbons (Fsp3) is 1.00. The Labute approximate surface area is 62.2 Å². The molecule has 1 saturated carbocycles. The summed E-state index contributed by atoms with van der Waals surface area (Å²) in [4.78, 5) is 0. The van der Waals surface area contributed by atoms with Crippen LogP contribution in [-0.2, 0) is 4.74 Å². The summed E-state index contributed by atoms with van der Waals surface area (Å²) < 4.78 is 4.88. The van der Waals surface area contributed by atoms with Gasteiger partial charge in [0, 0.05) is 13.7 Å². The summed E-state index contributed by atoms with van der Waals surface area (Å²) in [6, 6.07) is 0. The topological polar surface area (TPSA) is 29.5 Å². The van der Waals surface area contributed by atoms with E-state index in [1.807, 2.05) is 0 Å². The molecule has 0 aromatic carbocycles. The van der Waals surface area contributed by atoms with Crippen LogP contribution in [0.3, 0.4) is 0 Å². The van der Waals surface area contributed by atoms with Crippen molar-refractivity contribution in [1.29, 1.82) is 0 Å². The standard InChI is InChI=1S/C8H16O2/c1-10-6-2-3-8(9)7-4-5-7/h7-9H,2-6H2,1H3. The van der Waals surface area contributed by atoms with Crippen LogP contribution >= 0.6 is 0 Å². The molecular weight excluding hydrogens is 128 g/mol. The van der Waals surface area contributed by atoms with Crippen molar-refractivity contribution >= 4 is 0 Å². The van der Waals surface area contributed by atoms with Crippen LogP contribution in [0, 0.1) is 5.92 Å². The molecule has 1 aliphatic carbocycles. The Morgan fingerprint density at radius 2 is 2.30 bits per heavy atom. The molecule has 1 unspecified atom stereocenters. The second-order valence-corrected chi connectivity index (χ2v) is 3.04. The van der Waals surface area contributed by atoms with Gasteiger partial charge in [-0.05, 0) is 31.6 Å². The molecular formula is C8H16O2. The lowest BCUT2D eigenvalue weighted by Gasteiger charge is -2.06. The van der Waals surface area contributed by atoms with E-state index in [1.54, 1.807) is 7.11 Å². The smallest absolute Gasteiger partial charge is 0.0569 e. The zero-order chi connectivity index (χ0) is 7.40. The van der Waals surface area contributed by atoms with Crippen LogP contribution in [0.15, 0.2) is 0 Å². The van der Waals surface area contributed by atoms with Gasteiger partial charge in [0.1, 0.15) is 0 Å². The minimum absolute atomic E-state index is 0.0462. The van der Waals surface area contributed by atoms with Crippen LogP contribution in [0.25, 0.3) is 0 Å². The number of ether oxygens (including phenoxy) is 1. The number of hydrogen-bond acceptors (Lipinski definition) is 2. The van der Waals surface area contributed by atoms with Crippen molar-refractivity contribution in [3.05, 3.63) is 0 Å². The lowest BCUT2D eigenvalue weighted by Crippen LogP contribution is -2.09.